The van der Waals surface area contributed by atoms with Crippen molar-refractivity contribution in [2.75, 3.05) is 19.8 Å². The van der Waals surface area contributed by atoms with Crippen molar-refractivity contribution in [2.45, 2.75) is 41.5 Å². The molecule has 0 bridgehead atoms. The molecule has 1 N–H and O–H groups in total. The number of carboxylic acids is 1. The number of benzene rings is 2. The molecule has 2 aromatic carbocycles. The molecule has 2 rings (SSSR count). The Morgan fingerprint density at radius 3 is 1.84 bits per heavy atom. The van der Waals surface area contributed by atoms with Gasteiger partial charge in [-0.15, -0.1) is 0 Å². The summed E-state index contributed by atoms with van der Waals surface area (Å²) in [7, 11) is 0. The van der Waals surface area contributed by atoms with Crippen LogP contribution in [-0.4, -0.2) is 36.7 Å². The van der Waals surface area contributed by atoms with Gasteiger partial charge in [0.15, 0.2) is 5.78 Å². The normalized spacial score (nSPS) is 11.2. The average Bonchev–Trinajstić information content (AvgIpc) is 2.74. The highest BCUT2D eigenvalue weighted by atomic mass is 16.5. The molecule has 2 aromatic rings. The first kappa shape index (κ1) is 25.2. The fourth-order valence-corrected chi connectivity index (χ4v) is 2.79. The molecular weight excluding hydrogens is 408 g/mol. The van der Waals surface area contributed by atoms with Gasteiger partial charge in [0.2, 0.25) is 0 Å². The first-order valence-corrected chi connectivity index (χ1v) is 11.0. The zero-order valence-corrected chi connectivity index (χ0v) is 19.8. The molecule has 0 aliphatic carbocycles. The molecule has 0 saturated heterocycles. The van der Waals surface area contributed by atoms with Gasteiger partial charge in [0.05, 0.1) is 25.4 Å². The second kappa shape index (κ2) is 11.6. The molecule has 0 unspecified atom stereocenters. The summed E-state index contributed by atoms with van der Waals surface area (Å²) < 4.78 is 17.3. The summed E-state index contributed by atoms with van der Waals surface area (Å²) in [6.07, 6.45) is 0. The predicted molar refractivity (Wildman–Crippen MR) is 124 cm³/mol. The molecule has 0 heterocycles. The fourth-order valence-electron chi connectivity index (χ4n) is 2.79. The topological polar surface area (TPSA) is 82.1 Å². The van der Waals surface area contributed by atoms with E-state index in [-0.39, 0.29) is 34.5 Å². The van der Waals surface area contributed by atoms with E-state index in [2.05, 4.69) is 13.8 Å². The van der Waals surface area contributed by atoms with Crippen molar-refractivity contribution in [3.63, 3.8) is 0 Å². The van der Waals surface area contributed by atoms with E-state index in [1.54, 1.807) is 24.3 Å². The Kier molecular flexibility index (Phi) is 9.12. The van der Waals surface area contributed by atoms with Crippen molar-refractivity contribution < 1.29 is 28.9 Å². The number of ketones is 1. The monoisotopic (exact) mass is 442 g/mol. The Labute approximate surface area is 190 Å². The highest BCUT2D eigenvalue weighted by Gasteiger charge is 2.20. The van der Waals surface area contributed by atoms with Crippen molar-refractivity contribution >= 4 is 11.8 Å². The highest BCUT2D eigenvalue weighted by molar-refractivity contribution is 6.12. The van der Waals surface area contributed by atoms with Crippen molar-refractivity contribution in [3.05, 3.63) is 53.1 Å². The molecule has 0 aliphatic heterocycles. The van der Waals surface area contributed by atoms with Gasteiger partial charge in [0.25, 0.3) is 0 Å². The summed E-state index contributed by atoms with van der Waals surface area (Å²) in [6, 6.07) is 9.59. The van der Waals surface area contributed by atoms with E-state index in [1.165, 1.54) is 12.1 Å². The van der Waals surface area contributed by atoms with E-state index >= 15 is 0 Å². The van der Waals surface area contributed by atoms with E-state index in [1.807, 2.05) is 27.7 Å². The van der Waals surface area contributed by atoms with Gasteiger partial charge in [-0.25, -0.2) is 4.79 Å². The number of hydrogen-bond donors (Lipinski definition) is 1. The van der Waals surface area contributed by atoms with Gasteiger partial charge in [-0.05, 0) is 48.1 Å². The minimum Gasteiger partial charge on any atom is -0.493 e. The number of ether oxygens (including phenoxy) is 3. The third kappa shape index (κ3) is 7.29. The molecule has 174 valence electrons. The number of rotatable bonds is 12. The van der Waals surface area contributed by atoms with E-state index in [4.69, 9.17) is 14.2 Å². The summed E-state index contributed by atoms with van der Waals surface area (Å²) in [6.45, 7) is 13.5. The summed E-state index contributed by atoms with van der Waals surface area (Å²) in [5.74, 6) is 0.701. The van der Waals surface area contributed by atoms with Crippen LogP contribution in [0.4, 0.5) is 0 Å². The lowest BCUT2D eigenvalue weighted by atomic mass is 9.99. The van der Waals surface area contributed by atoms with Gasteiger partial charge >= 0.3 is 5.97 Å². The molecule has 0 spiro atoms. The van der Waals surface area contributed by atoms with Crippen molar-refractivity contribution in [1.82, 2.24) is 0 Å². The second-order valence-electron chi connectivity index (χ2n) is 9.12. The summed E-state index contributed by atoms with van der Waals surface area (Å²) >= 11 is 0. The van der Waals surface area contributed by atoms with Gasteiger partial charge in [-0.3, -0.25) is 4.79 Å². The number of carbonyl (C=O) groups excluding carboxylic acids is 1. The quantitative estimate of drug-likeness (QED) is 0.423. The summed E-state index contributed by atoms with van der Waals surface area (Å²) in [5.41, 5.74) is 0.567. The van der Waals surface area contributed by atoms with Gasteiger partial charge < -0.3 is 19.3 Å². The lowest BCUT2D eigenvalue weighted by Crippen LogP contribution is -2.12. The minimum absolute atomic E-state index is 0.0435. The lowest BCUT2D eigenvalue weighted by molar-refractivity contribution is 0.0691. The molecule has 6 nitrogen and oxygen atoms in total. The van der Waals surface area contributed by atoms with Gasteiger partial charge in [-0.1, -0.05) is 41.5 Å². The molecule has 32 heavy (non-hydrogen) atoms. The van der Waals surface area contributed by atoms with Crippen LogP contribution in [0.5, 0.6) is 17.2 Å². The van der Waals surface area contributed by atoms with Gasteiger partial charge in [-0.2, -0.15) is 0 Å². The van der Waals surface area contributed by atoms with Crippen LogP contribution in [0.15, 0.2) is 36.4 Å². The predicted octanol–water partition coefficient (Wildman–Crippen LogP) is 5.72. The molecule has 0 fully saturated rings. The Morgan fingerprint density at radius 1 is 0.719 bits per heavy atom. The molecule has 0 saturated carbocycles. The fraction of sp³-hybridized carbons (Fsp3) is 0.462. The lowest BCUT2D eigenvalue weighted by Gasteiger charge is -2.16. The van der Waals surface area contributed by atoms with Gasteiger partial charge in [0.1, 0.15) is 22.8 Å². The largest absolute Gasteiger partial charge is 0.493 e. The third-order valence-corrected chi connectivity index (χ3v) is 4.40. The van der Waals surface area contributed by atoms with Crippen LogP contribution >= 0.6 is 0 Å². The highest BCUT2D eigenvalue weighted by Crippen LogP contribution is 2.30. The molecule has 6 heteroatoms. The molecular formula is C26H34O6. The standard InChI is InChI=1S/C26H34O6/c1-16(2)13-30-20-8-9-21(24(12-20)32-15-18(5)6)25(27)19-7-10-23(31-14-17(3)4)22(11-19)26(28)29/h7-12,16-18H,13-15H2,1-6H3,(H,28,29). The van der Waals surface area contributed by atoms with Crippen LogP contribution < -0.4 is 14.2 Å². The number of hydrogen-bond acceptors (Lipinski definition) is 5. The second-order valence-corrected chi connectivity index (χ2v) is 9.12. The maximum absolute atomic E-state index is 13.3. The van der Waals surface area contributed by atoms with E-state index < -0.39 is 5.97 Å². The van der Waals surface area contributed by atoms with Crippen LogP contribution in [-0.2, 0) is 0 Å². The van der Waals surface area contributed by atoms with E-state index in [9.17, 15) is 14.7 Å². The number of carboxylic acid groups (broad SMARTS) is 1. The zero-order chi connectivity index (χ0) is 23.8. The Morgan fingerprint density at radius 2 is 1.28 bits per heavy atom. The van der Waals surface area contributed by atoms with Crippen LogP contribution in [0, 0.1) is 17.8 Å². The average molecular weight is 443 g/mol. The van der Waals surface area contributed by atoms with Crippen molar-refractivity contribution in [2.24, 2.45) is 17.8 Å². The van der Waals surface area contributed by atoms with Crippen LogP contribution in [0.1, 0.15) is 67.8 Å². The summed E-state index contributed by atoms with van der Waals surface area (Å²) in [5, 5.41) is 9.62. The molecule has 0 atom stereocenters. The van der Waals surface area contributed by atoms with Crippen molar-refractivity contribution in [3.8, 4) is 17.2 Å². The van der Waals surface area contributed by atoms with Crippen LogP contribution in [0.25, 0.3) is 0 Å². The molecule has 0 aromatic heterocycles. The Bertz CT molecular complexity index is 930. The number of aromatic carboxylic acids is 1. The molecule has 0 amide bonds. The Balaban J connectivity index is 2.39. The van der Waals surface area contributed by atoms with Gasteiger partial charge in [0, 0.05) is 11.6 Å². The first-order chi connectivity index (χ1) is 15.1. The molecule has 0 aliphatic rings. The van der Waals surface area contributed by atoms with Crippen molar-refractivity contribution in [1.29, 1.82) is 0 Å². The van der Waals surface area contributed by atoms with E-state index in [0.717, 1.165) is 0 Å². The van der Waals surface area contributed by atoms with Crippen LogP contribution in [0.3, 0.4) is 0 Å². The van der Waals surface area contributed by atoms with E-state index in [0.29, 0.717) is 42.8 Å². The molecule has 0 radical (unpaired) electrons. The maximum Gasteiger partial charge on any atom is 0.339 e. The maximum atomic E-state index is 13.3. The zero-order valence-electron chi connectivity index (χ0n) is 19.8. The van der Waals surface area contributed by atoms with Crippen LogP contribution in [0.2, 0.25) is 0 Å². The first-order valence-electron chi connectivity index (χ1n) is 11.0. The smallest absolute Gasteiger partial charge is 0.339 e. The third-order valence-electron chi connectivity index (χ3n) is 4.40. The minimum atomic E-state index is -1.15. The SMILES string of the molecule is CC(C)COc1ccc(C(=O)c2ccc(OCC(C)C)c(C(=O)O)c2)c(OCC(C)C)c1. The summed E-state index contributed by atoms with van der Waals surface area (Å²) in [4.78, 5) is 25.0. The number of carbonyl (C=O) groups is 2. The Hall–Kier alpha value is -3.02.